The molecule has 0 bridgehead atoms. The number of nitrogens with zero attached hydrogens (tertiary/aromatic N) is 1. The molecule has 0 aliphatic heterocycles. The minimum absolute atomic E-state index is 0.0827. The fourth-order valence-electron chi connectivity index (χ4n) is 1.21. The van der Waals surface area contributed by atoms with E-state index in [0.717, 1.165) is 11.3 Å². The molecule has 0 heterocycles. The standard InChI is InChI=1S/C11H13NO2/c1-11(13,7-8-12)9-3-5-10(14-2)6-4-9/h3-6,13H,7H2,1-2H3/t11-/m1/s1. The molecule has 0 radical (unpaired) electrons. The van der Waals surface area contributed by atoms with Crippen LogP contribution < -0.4 is 4.74 Å². The summed E-state index contributed by atoms with van der Waals surface area (Å²) >= 11 is 0. The highest BCUT2D eigenvalue weighted by molar-refractivity contribution is 5.30. The van der Waals surface area contributed by atoms with Crippen LogP contribution in [0.25, 0.3) is 0 Å². The number of ether oxygens (including phenoxy) is 1. The molecule has 0 spiro atoms. The fraction of sp³-hybridized carbons (Fsp3) is 0.364. The van der Waals surface area contributed by atoms with Crippen molar-refractivity contribution in [2.24, 2.45) is 0 Å². The van der Waals surface area contributed by atoms with E-state index in [1.165, 1.54) is 0 Å². The Morgan fingerprint density at radius 2 is 2.00 bits per heavy atom. The lowest BCUT2D eigenvalue weighted by Gasteiger charge is -2.20. The van der Waals surface area contributed by atoms with Crippen molar-refractivity contribution in [2.75, 3.05) is 7.11 Å². The second-order valence-electron chi connectivity index (χ2n) is 3.34. The Hall–Kier alpha value is -1.53. The van der Waals surface area contributed by atoms with Gasteiger partial charge in [-0.2, -0.15) is 5.26 Å². The molecular formula is C11H13NO2. The van der Waals surface area contributed by atoms with Crippen molar-refractivity contribution >= 4 is 0 Å². The van der Waals surface area contributed by atoms with E-state index in [1.54, 1.807) is 38.3 Å². The molecule has 1 aromatic rings. The second-order valence-corrected chi connectivity index (χ2v) is 3.34. The summed E-state index contributed by atoms with van der Waals surface area (Å²) < 4.78 is 5.00. The van der Waals surface area contributed by atoms with Gasteiger partial charge in [-0.05, 0) is 24.6 Å². The smallest absolute Gasteiger partial charge is 0.118 e. The molecule has 74 valence electrons. The Balaban J connectivity index is 2.92. The van der Waals surface area contributed by atoms with Gasteiger partial charge in [-0.15, -0.1) is 0 Å². The van der Waals surface area contributed by atoms with Gasteiger partial charge in [0, 0.05) is 0 Å². The van der Waals surface area contributed by atoms with Crippen LogP contribution in [0.2, 0.25) is 0 Å². The van der Waals surface area contributed by atoms with Crippen LogP contribution in [0.4, 0.5) is 0 Å². The average molecular weight is 191 g/mol. The predicted octanol–water partition coefficient (Wildman–Crippen LogP) is 1.82. The Kier molecular flexibility index (Phi) is 3.10. The third kappa shape index (κ3) is 2.24. The van der Waals surface area contributed by atoms with Crippen molar-refractivity contribution in [3.05, 3.63) is 29.8 Å². The van der Waals surface area contributed by atoms with Crippen molar-refractivity contribution in [3.8, 4) is 11.8 Å². The Labute approximate surface area is 83.6 Å². The second kappa shape index (κ2) is 4.12. The van der Waals surface area contributed by atoms with Crippen LogP contribution >= 0.6 is 0 Å². The summed E-state index contributed by atoms with van der Waals surface area (Å²) in [5.41, 5.74) is -0.360. The van der Waals surface area contributed by atoms with E-state index in [0.29, 0.717) is 0 Å². The molecule has 3 nitrogen and oxygen atoms in total. The largest absolute Gasteiger partial charge is 0.497 e. The molecule has 0 amide bonds. The van der Waals surface area contributed by atoms with Gasteiger partial charge in [-0.25, -0.2) is 0 Å². The quantitative estimate of drug-likeness (QED) is 0.792. The minimum Gasteiger partial charge on any atom is -0.497 e. The van der Waals surface area contributed by atoms with Crippen LogP contribution in [0, 0.1) is 11.3 Å². The van der Waals surface area contributed by atoms with E-state index >= 15 is 0 Å². The number of hydrogen-bond donors (Lipinski definition) is 1. The molecule has 0 aliphatic carbocycles. The van der Waals surface area contributed by atoms with Gasteiger partial charge in [0.2, 0.25) is 0 Å². The molecular weight excluding hydrogens is 178 g/mol. The van der Waals surface area contributed by atoms with Gasteiger partial charge in [0.05, 0.1) is 25.2 Å². The van der Waals surface area contributed by atoms with Crippen LogP contribution in [0.1, 0.15) is 18.9 Å². The molecule has 1 N–H and O–H groups in total. The van der Waals surface area contributed by atoms with Crippen molar-refractivity contribution in [2.45, 2.75) is 18.9 Å². The van der Waals surface area contributed by atoms with E-state index in [9.17, 15) is 5.11 Å². The van der Waals surface area contributed by atoms with Crippen molar-refractivity contribution in [1.29, 1.82) is 5.26 Å². The van der Waals surface area contributed by atoms with E-state index < -0.39 is 5.60 Å². The normalized spacial score (nSPS) is 14.1. The number of benzene rings is 1. The highest BCUT2D eigenvalue weighted by Crippen LogP contribution is 2.25. The summed E-state index contributed by atoms with van der Waals surface area (Å²) in [5, 5.41) is 18.4. The first-order valence-electron chi connectivity index (χ1n) is 4.34. The van der Waals surface area contributed by atoms with Crippen molar-refractivity contribution in [1.82, 2.24) is 0 Å². The maximum absolute atomic E-state index is 9.89. The van der Waals surface area contributed by atoms with Crippen molar-refractivity contribution in [3.63, 3.8) is 0 Å². The molecule has 1 aromatic carbocycles. The molecule has 0 saturated heterocycles. The summed E-state index contributed by atoms with van der Waals surface area (Å²) in [6.07, 6.45) is 0.0827. The highest BCUT2D eigenvalue weighted by atomic mass is 16.5. The van der Waals surface area contributed by atoms with Gasteiger partial charge in [-0.1, -0.05) is 12.1 Å². The number of methoxy groups -OCH3 is 1. The number of aliphatic hydroxyl groups is 1. The van der Waals surface area contributed by atoms with Crippen LogP contribution in [0.3, 0.4) is 0 Å². The summed E-state index contributed by atoms with van der Waals surface area (Å²) in [4.78, 5) is 0. The Morgan fingerprint density at radius 1 is 1.43 bits per heavy atom. The number of hydrogen-bond acceptors (Lipinski definition) is 3. The zero-order valence-electron chi connectivity index (χ0n) is 8.32. The molecule has 0 unspecified atom stereocenters. The lowest BCUT2D eigenvalue weighted by atomic mass is 9.93. The number of rotatable bonds is 3. The van der Waals surface area contributed by atoms with Crippen molar-refractivity contribution < 1.29 is 9.84 Å². The molecule has 0 fully saturated rings. The lowest BCUT2D eigenvalue weighted by molar-refractivity contribution is 0.0624. The van der Waals surface area contributed by atoms with Gasteiger partial charge in [0.15, 0.2) is 0 Å². The van der Waals surface area contributed by atoms with Crippen LogP contribution in [-0.2, 0) is 5.60 Å². The topological polar surface area (TPSA) is 53.2 Å². The third-order valence-electron chi connectivity index (χ3n) is 2.14. The molecule has 0 aromatic heterocycles. The first kappa shape index (κ1) is 10.6. The molecule has 1 rings (SSSR count). The molecule has 14 heavy (non-hydrogen) atoms. The SMILES string of the molecule is COc1ccc([C@](C)(O)CC#N)cc1. The summed E-state index contributed by atoms with van der Waals surface area (Å²) in [7, 11) is 1.59. The van der Waals surface area contributed by atoms with Gasteiger partial charge < -0.3 is 9.84 Å². The molecule has 1 atom stereocenters. The zero-order chi connectivity index (χ0) is 10.6. The highest BCUT2D eigenvalue weighted by Gasteiger charge is 2.22. The minimum atomic E-state index is -1.08. The third-order valence-corrected chi connectivity index (χ3v) is 2.14. The molecule has 3 heteroatoms. The Bertz CT molecular complexity index is 335. The first-order valence-corrected chi connectivity index (χ1v) is 4.34. The first-order chi connectivity index (χ1) is 6.60. The maximum Gasteiger partial charge on any atom is 0.118 e. The summed E-state index contributed by atoms with van der Waals surface area (Å²) in [5.74, 6) is 0.738. The van der Waals surface area contributed by atoms with Gasteiger partial charge in [0.1, 0.15) is 5.75 Å². The molecule has 0 saturated carbocycles. The molecule has 0 aliphatic rings. The maximum atomic E-state index is 9.89. The Morgan fingerprint density at radius 3 is 2.43 bits per heavy atom. The van der Waals surface area contributed by atoms with Gasteiger partial charge in [-0.3, -0.25) is 0 Å². The van der Waals surface area contributed by atoms with Crippen LogP contribution in [0.5, 0.6) is 5.75 Å². The predicted molar refractivity (Wildman–Crippen MR) is 52.8 cm³/mol. The summed E-state index contributed by atoms with van der Waals surface area (Å²) in [6, 6.07) is 9.00. The summed E-state index contributed by atoms with van der Waals surface area (Å²) in [6.45, 7) is 1.62. The average Bonchev–Trinajstić information content (AvgIpc) is 2.18. The van der Waals surface area contributed by atoms with Gasteiger partial charge in [0.25, 0.3) is 0 Å². The van der Waals surface area contributed by atoms with Crippen LogP contribution in [0.15, 0.2) is 24.3 Å². The zero-order valence-corrected chi connectivity index (χ0v) is 8.32. The van der Waals surface area contributed by atoms with Gasteiger partial charge >= 0.3 is 0 Å². The number of nitriles is 1. The fourth-order valence-corrected chi connectivity index (χ4v) is 1.21. The monoisotopic (exact) mass is 191 g/mol. The van der Waals surface area contributed by atoms with E-state index in [4.69, 9.17) is 10.00 Å². The lowest BCUT2D eigenvalue weighted by Crippen LogP contribution is -2.19. The van der Waals surface area contributed by atoms with E-state index in [2.05, 4.69) is 0 Å². The van der Waals surface area contributed by atoms with Crippen LogP contribution in [-0.4, -0.2) is 12.2 Å². The van der Waals surface area contributed by atoms with E-state index in [-0.39, 0.29) is 6.42 Å². The van der Waals surface area contributed by atoms with E-state index in [1.807, 2.05) is 6.07 Å².